The standard InChI is InChI=1S/C80H84N2O4S4/c1-7-11-15-19-47-83-75-57-67(77(85-49-21-17-13-9-3)55-65(75)35-25-61-29-39-69(40-30-61)87-51-23-45-81)37-27-63-33-43-71-72-44-34-64(54-74(72)79(73(71)53-63)80-89-59(5)60(6)90-80)28-38-68-58-76(84-48-20-16-12-8-2)66(56-78(68)86-50-22-18-14-10-4)36-26-62-31-41-70(42-32-62)88-52-24-46-82/h29-34,39-44,53-58H,7-24,47-52H2,1-6H3. The van der Waals surface area contributed by atoms with Gasteiger partial charge in [0, 0.05) is 86.2 Å². The van der Waals surface area contributed by atoms with Gasteiger partial charge in [-0.05, 0) is 144 Å². The van der Waals surface area contributed by atoms with Gasteiger partial charge in [-0.2, -0.15) is 10.5 Å². The number of hydrogen-bond acceptors (Lipinski definition) is 10. The summed E-state index contributed by atoms with van der Waals surface area (Å²) in [7, 11) is 0. The van der Waals surface area contributed by atoms with Crippen LogP contribution in [0.25, 0.3) is 16.7 Å². The number of fused-ring (bicyclic) bond motifs is 3. The molecule has 0 saturated heterocycles. The number of thioether (sulfide) groups is 4. The minimum Gasteiger partial charge on any atom is -0.492 e. The molecule has 6 nitrogen and oxygen atoms in total. The molecular formula is C80H84N2O4S4. The van der Waals surface area contributed by atoms with Crippen LogP contribution in [0, 0.1) is 70.0 Å². The Hall–Kier alpha value is -7.38. The summed E-state index contributed by atoms with van der Waals surface area (Å²) in [5.74, 6) is 32.4. The first-order chi connectivity index (χ1) is 44.2. The van der Waals surface area contributed by atoms with E-state index in [1.54, 1.807) is 23.5 Å². The summed E-state index contributed by atoms with van der Waals surface area (Å²) in [5.41, 5.74) is 12.6. The molecule has 1 aliphatic carbocycles. The van der Waals surface area contributed by atoms with E-state index in [1.165, 1.54) is 43.6 Å². The molecule has 1 heterocycles. The van der Waals surface area contributed by atoms with E-state index in [-0.39, 0.29) is 0 Å². The molecule has 0 bridgehead atoms. The van der Waals surface area contributed by atoms with E-state index in [0.29, 0.717) is 62.3 Å². The van der Waals surface area contributed by atoms with E-state index in [0.717, 1.165) is 167 Å². The van der Waals surface area contributed by atoms with Crippen molar-refractivity contribution in [3.05, 3.63) is 179 Å². The van der Waals surface area contributed by atoms with Gasteiger partial charge in [0.15, 0.2) is 0 Å². The molecule has 0 aromatic heterocycles. The van der Waals surface area contributed by atoms with Crippen LogP contribution in [0.4, 0.5) is 0 Å². The van der Waals surface area contributed by atoms with Crippen LogP contribution in [0.2, 0.25) is 0 Å². The van der Waals surface area contributed by atoms with Crippen molar-refractivity contribution < 1.29 is 18.9 Å². The van der Waals surface area contributed by atoms with Gasteiger partial charge in [0.1, 0.15) is 23.0 Å². The largest absolute Gasteiger partial charge is 0.492 e. The highest BCUT2D eigenvalue weighted by molar-refractivity contribution is 8.28. The fourth-order valence-electron chi connectivity index (χ4n) is 10.1. The zero-order valence-corrected chi connectivity index (χ0v) is 56.8. The molecule has 0 N–H and O–H groups in total. The third kappa shape index (κ3) is 20.8. The van der Waals surface area contributed by atoms with Crippen molar-refractivity contribution >= 4 is 52.6 Å². The Morgan fingerprint density at radius 3 is 0.978 bits per heavy atom. The van der Waals surface area contributed by atoms with Gasteiger partial charge in [-0.1, -0.05) is 188 Å². The summed E-state index contributed by atoms with van der Waals surface area (Å²) in [6.45, 7) is 15.7. The number of unbranched alkanes of at least 4 members (excludes halogenated alkanes) is 12. The number of hydrogen-bond donors (Lipinski definition) is 0. The van der Waals surface area contributed by atoms with Crippen molar-refractivity contribution in [1.29, 1.82) is 10.5 Å². The van der Waals surface area contributed by atoms with Crippen LogP contribution in [-0.2, 0) is 0 Å². The minimum atomic E-state index is 0.516. The summed E-state index contributed by atoms with van der Waals surface area (Å²) >= 11 is 7.05. The quantitative estimate of drug-likeness (QED) is 0.0247. The lowest BCUT2D eigenvalue weighted by Crippen LogP contribution is -2.03. The fourth-order valence-corrected chi connectivity index (χ4v) is 14.3. The fraction of sp³-hybridized carbons (Fsp3) is 0.375. The molecule has 0 saturated carbocycles. The van der Waals surface area contributed by atoms with Crippen LogP contribution >= 0.6 is 47.0 Å². The van der Waals surface area contributed by atoms with Crippen molar-refractivity contribution in [1.82, 2.24) is 0 Å². The maximum atomic E-state index is 9.02. The van der Waals surface area contributed by atoms with Crippen molar-refractivity contribution in [2.24, 2.45) is 0 Å². The van der Waals surface area contributed by atoms with E-state index >= 15 is 0 Å². The first-order valence-corrected chi connectivity index (χ1v) is 36.0. The molecule has 0 amide bonds. The highest BCUT2D eigenvalue weighted by atomic mass is 32.2. The molecule has 1 aliphatic heterocycles. The lowest BCUT2D eigenvalue weighted by molar-refractivity contribution is 0.295. The molecule has 6 aromatic rings. The average molecular weight is 1270 g/mol. The topological polar surface area (TPSA) is 84.5 Å². The number of rotatable bonds is 30. The average Bonchev–Trinajstić information content (AvgIpc) is 1.61. The maximum Gasteiger partial charge on any atom is 0.136 e. The van der Waals surface area contributed by atoms with Crippen molar-refractivity contribution in [3.8, 4) is 93.6 Å². The molecule has 462 valence electrons. The molecule has 0 radical (unpaired) electrons. The molecule has 2 aliphatic rings. The Bertz CT molecular complexity index is 3570. The third-order valence-electron chi connectivity index (χ3n) is 15.3. The maximum absolute atomic E-state index is 9.02. The normalized spacial score (nSPS) is 11.8. The highest BCUT2D eigenvalue weighted by Crippen LogP contribution is 2.57. The van der Waals surface area contributed by atoms with Gasteiger partial charge in [-0.3, -0.25) is 0 Å². The Kier molecular flexibility index (Phi) is 28.7. The van der Waals surface area contributed by atoms with Gasteiger partial charge in [0.05, 0.1) is 65.1 Å². The lowest BCUT2D eigenvalue weighted by atomic mass is 10.0. The Morgan fingerprint density at radius 1 is 0.356 bits per heavy atom. The molecule has 90 heavy (non-hydrogen) atoms. The Balaban J connectivity index is 1.14. The van der Waals surface area contributed by atoms with Gasteiger partial charge in [-0.15, -0.1) is 23.5 Å². The van der Waals surface area contributed by atoms with Crippen LogP contribution in [0.3, 0.4) is 0 Å². The predicted molar refractivity (Wildman–Crippen MR) is 382 cm³/mol. The van der Waals surface area contributed by atoms with E-state index in [1.807, 2.05) is 72.1 Å². The number of nitriles is 2. The van der Waals surface area contributed by atoms with Crippen LogP contribution in [0.15, 0.2) is 133 Å². The lowest BCUT2D eigenvalue weighted by Gasteiger charge is -2.14. The summed E-state index contributed by atoms with van der Waals surface area (Å²) in [4.78, 5) is 4.86. The van der Waals surface area contributed by atoms with E-state index < -0.39 is 0 Å². The van der Waals surface area contributed by atoms with Crippen LogP contribution in [0.5, 0.6) is 23.0 Å². The molecular weight excluding hydrogens is 1180 g/mol. The van der Waals surface area contributed by atoms with Crippen LogP contribution in [-0.4, -0.2) is 37.9 Å². The molecule has 10 heteroatoms. The smallest absolute Gasteiger partial charge is 0.136 e. The highest BCUT2D eigenvalue weighted by Gasteiger charge is 2.30. The third-order valence-corrected chi connectivity index (χ3v) is 19.9. The van der Waals surface area contributed by atoms with Gasteiger partial charge in [0.25, 0.3) is 0 Å². The molecule has 0 atom stereocenters. The van der Waals surface area contributed by atoms with Crippen LogP contribution < -0.4 is 18.9 Å². The molecule has 0 fully saturated rings. The number of nitrogens with zero attached hydrogens (tertiary/aromatic N) is 2. The predicted octanol–water partition coefficient (Wildman–Crippen LogP) is 21.6. The summed E-state index contributed by atoms with van der Waals surface area (Å²) in [6, 6.07) is 42.3. The molecule has 0 unspecified atom stereocenters. The second-order valence-corrected chi connectivity index (χ2v) is 27.4. The molecule has 8 rings (SSSR count). The van der Waals surface area contributed by atoms with E-state index in [2.05, 4.69) is 162 Å². The number of ether oxygens (including phenoxy) is 4. The number of benzene rings is 6. The van der Waals surface area contributed by atoms with Crippen LogP contribution in [0.1, 0.15) is 213 Å². The zero-order chi connectivity index (χ0) is 63.1. The first-order valence-electron chi connectivity index (χ1n) is 32.4. The summed E-state index contributed by atoms with van der Waals surface area (Å²) in [5, 5.41) is 18.0. The zero-order valence-electron chi connectivity index (χ0n) is 53.5. The van der Waals surface area contributed by atoms with Gasteiger partial charge in [-0.25, -0.2) is 0 Å². The second-order valence-electron chi connectivity index (χ2n) is 22.4. The number of allylic oxidation sites excluding steroid dienone is 2. The van der Waals surface area contributed by atoms with Crippen molar-refractivity contribution in [2.45, 2.75) is 167 Å². The summed E-state index contributed by atoms with van der Waals surface area (Å²) in [6.07, 6.45) is 18.5. The SMILES string of the molecule is CCCCCCOc1cc(C#Cc2ccc3c(c2)C(=C2SC(C)=C(C)S2)c2cc(C#Cc4cc(OCCCCCC)c(C#Cc5ccc(SCCC#N)cc5)cc4OCCCCCC)ccc2-3)c(OCCCCCC)cc1C#Cc1ccc(SCCC#N)cc1. The van der Waals surface area contributed by atoms with E-state index in [4.69, 9.17) is 29.5 Å². The van der Waals surface area contributed by atoms with Gasteiger partial charge >= 0.3 is 0 Å². The summed E-state index contributed by atoms with van der Waals surface area (Å²) < 4.78 is 27.7. The van der Waals surface area contributed by atoms with Crippen molar-refractivity contribution in [3.63, 3.8) is 0 Å². The second kappa shape index (κ2) is 37.7. The van der Waals surface area contributed by atoms with Gasteiger partial charge in [0.2, 0.25) is 0 Å². The molecule has 6 aromatic carbocycles. The van der Waals surface area contributed by atoms with Crippen molar-refractivity contribution in [2.75, 3.05) is 37.9 Å². The first kappa shape index (κ1) is 68.5. The van der Waals surface area contributed by atoms with Gasteiger partial charge < -0.3 is 18.9 Å². The van der Waals surface area contributed by atoms with E-state index in [9.17, 15) is 0 Å². The Labute approximate surface area is 555 Å². The minimum absolute atomic E-state index is 0.516. The Morgan fingerprint density at radius 2 is 0.667 bits per heavy atom. The molecule has 0 spiro atoms. The monoisotopic (exact) mass is 1260 g/mol.